The van der Waals surface area contributed by atoms with Gasteiger partial charge in [-0.2, -0.15) is 5.10 Å². The van der Waals surface area contributed by atoms with Gasteiger partial charge in [0, 0.05) is 30.5 Å². The quantitative estimate of drug-likeness (QED) is 0.578. The number of hydrogen-bond donors (Lipinski definition) is 0. The molecule has 0 amide bonds. The van der Waals surface area contributed by atoms with Crippen molar-refractivity contribution in [1.82, 2.24) is 20.1 Å². The Morgan fingerprint density at radius 1 is 0.931 bits per heavy atom. The number of aryl methyl sites for hydroxylation is 2. The van der Waals surface area contributed by atoms with Crippen LogP contribution in [0.3, 0.4) is 0 Å². The first-order valence-corrected chi connectivity index (χ1v) is 10.4. The lowest BCUT2D eigenvalue weighted by atomic mass is 10.1. The summed E-state index contributed by atoms with van der Waals surface area (Å²) in [5, 5.41) is 8.48. The highest BCUT2D eigenvalue weighted by molar-refractivity contribution is 5.18. The minimum Gasteiger partial charge on any atom is -0.472 e. The van der Waals surface area contributed by atoms with Crippen molar-refractivity contribution in [1.29, 1.82) is 0 Å². The third kappa shape index (κ3) is 5.61. The van der Waals surface area contributed by atoms with Crippen LogP contribution in [-0.4, -0.2) is 32.7 Å². The van der Waals surface area contributed by atoms with Gasteiger partial charge in [-0.1, -0.05) is 36.4 Å². The molecule has 1 aliphatic heterocycles. The second-order valence-corrected chi connectivity index (χ2v) is 7.76. The molecule has 4 rings (SSSR count). The summed E-state index contributed by atoms with van der Waals surface area (Å²) in [5.41, 5.74) is 4.46. The standard InChI is InChI=1S/C24H28N4O/c1-19-6-5-15-28(19)17-21-9-10-22(25-16-21)11-12-23-13-14-24(27-26-23)29-18-20-7-3-2-4-8-20/h2-4,7-10,13-14,16,19H,5-6,11-12,15,17-18H2,1H3. The van der Waals surface area contributed by atoms with Gasteiger partial charge >= 0.3 is 0 Å². The van der Waals surface area contributed by atoms with Gasteiger partial charge in [0.25, 0.3) is 0 Å². The third-order valence-corrected chi connectivity index (χ3v) is 5.52. The number of ether oxygens (including phenoxy) is 1. The van der Waals surface area contributed by atoms with E-state index in [9.17, 15) is 0 Å². The lowest BCUT2D eigenvalue weighted by Gasteiger charge is -2.20. The van der Waals surface area contributed by atoms with E-state index in [1.165, 1.54) is 24.9 Å². The second kappa shape index (κ2) is 9.61. The molecule has 0 N–H and O–H groups in total. The maximum atomic E-state index is 5.70. The zero-order valence-corrected chi connectivity index (χ0v) is 17.0. The smallest absolute Gasteiger partial charge is 0.233 e. The fourth-order valence-corrected chi connectivity index (χ4v) is 3.70. The number of likely N-dealkylation sites (tertiary alicyclic amines) is 1. The van der Waals surface area contributed by atoms with Crippen LogP contribution in [-0.2, 0) is 26.0 Å². The molecule has 1 unspecified atom stereocenters. The number of aromatic nitrogens is 3. The molecular formula is C24H28N4O. The summed E-state index contributed by atoms with van der Waals surface area (Å²) < 4.78 is 5.70. The van der Waals surface area contributed by atoms with Crippen LogP contribution in [0.4, 0.5) is 0 Å². The molecule has 0 saturated carbocycles. The number of rotatable bonds is 8. The van der Waals surface area contributed by atoms with Crippen LogP contribution in [0, 0.1) is 0 Å². The average Bonchev–Trinajstić information content (AvgIpc) is 3.17. The zero-order valence-electron chi connectivity index (χ0n) is 17.0. The highest BCUT2D eigenvalue weighted by Gasteiger charge is 2.19. The molecule has 1 fully saturated rings. The van der Waals surface area contributed by atoms with E-state index >= 15 is 0 Å². The fourth-order valence-electron chi connectivity index (χ4n) is 3.70. The Kier molecular flexibility index (Phi) is 6.47. The Morgan fingerprint density at radius 3 is 2.45 bits per heavy atom. The highest BCUT2D eigenvalue weighted by Crippen LogP contribution is 2.19. The van der Waals surface area contributed by atoms with E-state index in [1.54, 1.807) is 0 Å². The molecule has 5 heteroatoms. The minimum absolute atomic E-state index is 0.501. The van der Waals surface area contributed by atoms with Crippen LogP contribution in [0.2, 0.25) is 0 Å². The van der Waals surface area contributed by atoms with Crippen molar-refractivity contribution in [3.63, 3.8) is 0 Å². The van der Waals surface area contributed by atoms with Crippen LogP contribution in [0.25, 0.3) is 0 Å². The van der Waals surface area contributed by atoms with E-state index in [2.05, 4.69) is 39.1 Å². The maximum Gasteiger partial charge on any atom is 0.233 e. The van der Waals surface area contributed by atoms with Gasteiger partial charge in [-0.05, 0) is 62.4 Å². The lowest BCUT2D eigenvalue weighted by molar-refractivity contribution is 0.260. The number of pyridine rings is 1. The Balaban J connectivity index is 1.24. The van der Waals surface area contributed by atoms with Gasteiger partial charge in [0.05, 0.1) is 5.69 Å². The molecule has 1 saturated heterocycles. The van der Waals surface area contributed by atoms with Crippen LogP contribution in [0.15, 0.2) is 60.8 Å². The van der Waals surface area contributed by atoms with Crippen LogP contribution >= 0.6 is 0 Å². The van der Waals surface area contributed by atoms with Crippen molar-refractivity contribution >= 4 is 0 Å². The fraction of sp³-hybridized carbons (Fsp3) is 0.375. The van der Waals surface area contributed by atoms with Crippen LogP contribution in [0.1, 0.15) is 42.3 Å². The van der Waals surface area contributed by atoms with Crippen LogP contribution in [0.5, 0.6) is 5.88 Å². The molecule has 150 valence electrons. The van der Waals surface area contributed by atoms with E-state index in [-0.39, 0.29) is 0 Å². The molecule has 5 nitrogen and oxygen atoms in total. The molecule has 0 spiro atoms. The molecule has 3 heterocycles. The molecule has 3 aromatic rings. The minimum atomic E-state index is 0.501. The first-order chi connectivity index (χ1) is 14.3. The summed E-state index contributed by atoms with van der Waals surface area (Å²) >= 11 is 0. The third-order valence-electron chi connectivity index (χ3n) is 5.52. The van der Waals surface area contributed by atoms with Gasteiger partial charge < -0.3 is 4.74 Å². The van der Waals surface area contributed by atoms with Crippen molar-refractivity contribution in [3.05, 3.63) is 83.3 Å². The summed E-state index contributed by atoms with van der Waals surface area (Å²) in [7, 11) is 0. The summed E-state index contributed by atoms with van der Waals surface area (Å²) in [4.78, 5) is 7.18. The van der Waals surface area contributed by atoms with Gasteiger partial charge in [0.2, 0.25) is 5.88 Å². The first kappa shape index (κ1) is 19.5. The predicted molar refractivity (Wildman–Crippen MR) is 114 cm³/mol. The molecule has 0 radical (unpaired) electrons. The molecule has 29 heavy (non-hydrogen) atoms. The average molecular weight is 389 g/mol. The normalized spacial score (nSPS) is 16.8. The van der Waals surface area contributed by atoms with Gasteiger partial charge in [-0.25, -0.2) is 0 Å². The largest absolute Gasteiger partial charge is 0.472 e. The summed E-state index contributed by atoms with van der Waals surface area (Å²) in [5.74, 6) is 0.552. The Bertz CT molecular complexity index is 881. The number of hydrogen-bond acceptors (Lipinski definition) is 5. The number of nitrogens with zero attached hydrogens (tertiary/aromatic N) is 4. The van der Waals surface area contributed by atoms with Gasteiger partial charge in [0.1, 0.15) is 6.61 Å². The van der Waals surface area contributed by atoms with Crippen LogP contribution < -0.4 is 4.74 Å². The summed E-state index contributed by atoms with van der Waals surface area (Å²) in [6, 6.07) is 19.0. The van der Waals surface area contributed by atoms with Crippen molar-refractivity contribution < 1.29 is 4.74 Å². The Labute approximate surface area is 172 Å². The molecule has 2 aromatic heterocycles. The maximum absolute atomic E-state index is 5.70. The molecule has 1 aromatic carbocycles. The Morgan fingerprint density at radius 2 is 1.76 bits per heavy atom. The van der Waals surface area contributed by atoms with Crippen molar-refractivity contribution in [2.75, 3.05) is 6.54 Å². The van der Waals surface area contributed by atoms with E-state index in [0.29, 0.717) is 18.5 Å². The van der Waals surface area contributed by atoms with E-state index in [1.807, 2.05) is 48.7 Å². The number of benzene rings is 1. The zero-order chi connectivity index (χ0) is 19.9. The highest BCUT2D eigenvalue weighted by atomic mass is 16.5. The molecule has 1 aliphatic rings. The van der Waals surface area contributed by atoms with Crippen molar-refractivity contribution in [3.8, 4) is 5.88 Å². The van der Waals surface area contributed by atoms with Crippen molar-refractivity contribution in [2.24, 2.45) is 0 Å². The topological polar surface area (TPSA) is 51.1 Å². The molecule has 0 bridgehead atoms. The first-order valence-electron chi connectivity index (χ1n) is 10.4. The Hall–Kier alpha value is -2.79. The SMILES string of the molecule is CC1CCCN1Cc1ccc(CCc2ccc(OCc3ccccc3)nn2)nc1. The lowest BCUT2D eigenvalue weighted by Crippen LogP contribution is -2.26. The molecular weight excluding hydrogens is 360 g/mol. The van der Waals surface area contributed by atoms with E-state index in [0.717, 1.165) is 36.3 Å². The van der Waals surface area contributed by atoms with Gasteiger partial charge in [-0.15, -0.1) is 5.10 Å². The van der Waals surface area contributed by atoms with E-state index < -0.39 is 0 Å². The van der Waals surface area contributed by atoms with E-state index in [4.69, 9.17) is 4.74 Å². The second-order valence-electron chi connectivity index (χ2n) is 7.76. The van der Waals surface area contributed by atoms with Gasteiger partial charge in [0.15, 0.2) is 0 Å². The summed E-state index contributed by atoms with van der Waals surface area (Å²) in [6.07, 6.45) is 6.32. The monoisotopic (exact) mass is 388 g/mol. The van der Waals surface area contributed by atoms with Gasteiger partial charge in [-0.3, -0.25) is 9.88 Å². The molecule has 1 atom stereocenters. The summed E-state index contributed by atoms with van der Waals surface area (Å²) in [6.45, 7) is 5.02. The van der Waals surface area contributed by atoms with Crippen molar-refractivity contribution in [2.45, 2.75) is 51.8 Å². The predicted octanol–water partition coefficient (Wildman–Crippen LogP) is 4.22. The molecule has 0 aliphatic carbocycles.